The highest BCUT2D eigenvalue weighted by atomic mass is 16.4. The van der Waals surface area contributed by atoms with Gasteiger partial charge in [0.15, 0.2) is 0 Å². The number of hydrogen-bond donors (Lipinski definition) is 0. The van der Waals surface area contributed by atoms with Gasteiger partial charge in [0, 0.05) is 32.4 Å². The maximum Gasteiger partial charge on any atom is 0.137 e. The molecule has 1 aliphatic rings. The minimum atomic E-state index is -1.08. The van der Waals surface area contributed by atoms with Crippen LogP contribution >= 0.6 is 0 Å². The van der Waals surface area contributed by atoms with Crippen LogP contribution in [0.5, 0.6) is 0 Å². The largest absolute Gasteiger partial charge is 0.530 e. The van der Waals surface area contributed by atoms with Gasteiger partial charge < -0.3 is 19.7 Å². The third-order valence-corrected chi connectivity index (χ3v) is 2.55. The van der Waals surface area contributed by atoms with Crippen molar-refractivity contribution in [2.45, 2.75) is 0 Å². The summed E-state index contributed by atoms with van der Waals surface area (Å²) >= 11 is 0. The topological polar surface area (TPSA) is 59.5 Å². The number of carbonyl (C=O) groups excluding carboxylic acids is 1. The first kappa shape index (κ1) is 9.76. The third kappa shape index (κ3) is 2.18. The predicted molar refractivity (Wildman–Crippen MR) is 53.4 cm³/mol. The second-order valence-corrected chi connectivity index (χ2v) is 3.45. The fraction of sp³-hybridized carbons (Fsp3) is 0.400. The fourth-order valence-electron chi connectivity index (χ4n) is 1.69. The number of amides is 1. The zero-order valence-electron chi connectivity index (χ0n) is 8.30. The van der Waals surface area contributed by atoms with Crippen molar-refractivity contribution in [2.24, 2.45) is 0 Å². The lowest BCUT2D eigenvalue weighted by atomic mass is 10.3. The van der Waals surface area contributed by atoms with Gasteiger partial charge in [0.1, 0.15) is 6.09 Å². The van der Waals surface area contributed by atoms with E-state index in [-0.39, 0.29) is 0 Å². The van der Waals surface area contributed by atoms with Crippen LogP contribution < -0.4 is 10.0 Å². The normalized spacial score (nSPS) is 16.5. The van der Waals surface area contributed by atoms with Crippen LogP contribution in [0.1, 0.15) is 0 Å². The molecule has 0 radical (unpaired) electrons. The highest BCUT2D eigenvalue weighted by Gasteiger charge is 2.16. The summed E-state index contributed by atoms with van der Waals surface area (Å²) in [6.45, 7) is 2.38. The summed E-state index contributed by atoms with van der Waals surface area (Å²) in [7, 11) is 0. The van der Waals surface area contributed by atoms with Crippen LogP contribution in [-0.2, 0) is 0 Å². The summed E-state index contributed by atoms with van der Waals surface area (Å²) in [6.07, 6.45) is 2.43. The predicted octanol–water partition coefficient (Wildman–Crippen LogP) is -0.453. The number of carboxylic acid groups (broad SMARTS) is 1. The Kier molecular flexibility index (Phi) is 2.71. The zero-order chi connectivity index (χ0) is 10.7. The monoisotopic (exact) mass is 206 g/mol. The molecule has 0 spiro atoms. The third-order valence-electron chi connectivity index (χ3n) is 2.55. The number of aromatic nitrogens is 1. The molecule has 1 fully saturated rings. The standard InChI is InChI=1S/C10H13N3O2/c14-10(15)13-6-4-12(5-7-13)9-2-1-3-11-8-9/h1-3,8H,4-7H2,(H,14,15)/p-1. The molecule has 0 bridgehead atoms. The number of hydrogen-bond acceptors (Lipinski definition) is 4. The van der Waals surface area contributed by atoms with Gasteiger partial charge in [0.05, 0.1) is 11.9 Å². The fourth-order valence-corrected chi connectivity index (χ4v) is 1.69. The van der Waals surface area contributed by atoms with Crippen molar-refractivity contribution in [2.75, 3.05) is 31.1 Å². The van der Waals surface area contributed by atoms with Gasteiger partial charge in [-0.15, -0.1) is 0 Å². The highest BCUT2D eigenvalue weighted by Crippen LogP contribution is 2.13. The van der Waals surface area contributed by atoms with Crippen LogP contribution in [0.4, 0.5) is 10.5 Å². The van der Waals surface area contributed by atoms with Crippen LogP contribution in [0.25, 0.3) is 0 Å². The van der Waals surface area contributed by atoms with E-state index in [1.807, 2.05) is 12.1 Å². The lowest BCUT2D eigenvalue weighted by Gasteiger charge is -2.37. The van der Waals surface area contributed by atoms with Crippen LogP contribution in [0.2, 0.25) is 0 Å². The van der Waals surface area contributed by atoms with Gasteiger partial charge in [-0.1, -0.05) is 0 Å². The van der Waals surface area contributed by atoms with E-state index in [2.05, 4.69) is 9.88 Å². The second-order valence-electron chi connectivity index (χ2n) is 3.45. The maximum absolute atomic E-state index is 10.6. The summed E-state index contributed by atoms with van der Waals surface area (Å²) in [5, 5.41) is 10.6. The zero-order valence-corrected chi connectivity index (χ0v) is 8.30. The summed E-state index contributed by atoms with van der Waals surface area (Å²) in [5.41, 5.74) is 1.04. The van der Waals surface area contributed by atoms with Gasteiger partial charge in [-0.3, -0.25) is 4.98 Å². The Morgan fingerprint density at radius 1 is 1.33 bits per heavy atom. The molecule has 1 aromatic heterocycles. The van der Waals surface area contributed by atoms with Crippen LogP contribution in [0.15, 0.2) is 24.5 Å². The molecular weight excluding hydrogens is 194 g/mol. The van der Waals surface area contributed by atoms with Crippen LogP contribution in [0.3, 0.4) is 0 Å². The summed E-state index contributed by atoms with van der Waals surface area (Å²) in [6, 6.07) is 3.85. The lowest BCUT2D eigenvalue weighted by molar-refractivity contribution is -0.265. The van der Waals surface area contributed by atoms with Gasteiger partial charge in [0.2, 0.25) is 0 Å². The minimum absolute atomic E-state index is 0.497. The molecule has 1 aliphatic heterocycles. The molecule has 5 nitrogen and oxygen atoms in total. The Morgan fingerprint density at radius 3 is 2.60 bits per heavy atom. The second kappa shape index (κ2) is 4.16. The van der Waals surface area contributed by atoms with E-state index in [9.17, 15) is 9.90 Å². The first-order chi connectivity index (χ1) is 7.27. The molecule has 0 saturated carbocycles. The number of carbonyl (C=O) groups is 1. The minimum Gasteiger partial charge on any atom is -0.530 e. The molecule has 0 aliphatic carbocycles. The average Bonchev–Trinajstić information content (AvgIpc) is 2.30. The van der Waals surface area contributed by atoms with Crippen LogP contribution in [-0.4, -0.2) is 42.2 Å². The van der Waals surface area contributed by atoms with E-state index < -0.39 is 6.09 Å². The van der Waals surface area contributed by atoms with E-state index in [1.165, 1.54) is 4.90 Å². The molecule has 2 heterocycles. The molecule has 1 amide bonds. The molecule has 0 aromatic carbocycles. The molecule has 2 rings (SSSR count). The van der Waals surface area contributed by atoms with E-state index in [4.69, 9.17) is 0 Å². The van der Waals surface area contributed by atoms with E-state index in [1.54, 1.807) is 12.4 Å². The number of piperazine rings is 1. The van der Waals surface area contributed by atoms with Gasteiger partial charge >= 0.3 is 0 Å². The maximum atomic E-state index is 10.6. The summed E-state index contributed by atoms with van der Waals surface area (Å²) in [4.78, 5) is 18.1. The van der Waals surface area contributed by atoms with Crippen molar-refractivity contribution in [1.29, 1.82) is 0 Å². The Bertz CT molecular complexity index is 334. The number of nitrogens with zero attached hydrogens (tertiary/aromatic N) is 3. The van der Waals surface area contributed by atoms with Crippen molar-refractivity contribution in [3.05, 3.63) is 24.5 Å². The lowest BCUT2D eigenvalue weighted by Crippen LogP contribution is -2.52. The quantitative estimate of drug-likeness (QED) is 0.624. The van der Waals surface area contributed by atoms with Crippen molar-refractivity contribution in [1.82, 2.24) is 9.88 Å². The van der Waals surface area contributed by atoms with E-state index in [0.29, 0.717) is 26.2 Å². The van der Waals surface area contributed by atoms with Crippen LogP contribution in [0, 0.1) is 0 Å². The van der Waals surface area contributed by atoms with E-state index >= 15 is 0 Å². The average molecular weight is 206 g/mol. The first-order valence-corrected chi connectivity index (χ1v) is 4.88. The molecular formula is C10H12N3O2-. The SMILES string of the molecule is O=C([O-])N1CCN(c2cccnc2)CC1. The molecule has 5 heteroatoms. The van der Waals surface area contributed by atoms with Gasteiger partial charge in [-0.05, 0) is 12.1 Å². The Hall–Kier alpha value is -1.78. The van der Waals surface area contributed by atoms with Gasteiger partial charge in [-0.2, -0.15) is 0 Å². The van der Waals surface area contributed by atoms with E-state index in [0.717, 1.165) is 5.69 Å². The number of rotatable bonds is 1. The smallest absolute Gasteiger partial charge is 0.137 e. The first-order valence-electron chi connectivity index (χ1n) is 4.88. The molecule has 1 aromatic rings. The summed E-state index contributed by atoms with van der Waals surface area (Å²) < 4.78 is 0. The molecule has 15 heavy (non-hydrogen) atoms. The Balaban J connectivity index is 1.97. The molecule has 0 unspecified atom stereocenters. The van der Waals surface area contributed by atoms with Gasteiger partial charge in [0.25, 0.3) is 0 Å². The number of pyridine rings is 1. The molecule has 80 valence electrons. The Morgan fingerprint density at radius 2 is 2.07 bits per heavy atom. The summed E-state index contributed by atoms with van der Waals surface area (Å²) in [5.74, 6) is 0. The number of anilines is 1. The van der Waals surface area contributed by atoms with Gasteiger partial charge in [-0.25, -0.2) is 0 Å². The molecule has 1 saturated heterocycles. The Labute approximate surface area is 87.9 Å². The van der Waals surface area contributed by atoms with Crippen molar-refractivity contribution in [3.8, 4) is 0 Å². The highest BCUT2D eigenvalue weighted by molar-refractivity contribution is 5.63. The van der Waals surface area contributed by atoms with Crippen molar-refractivity contribution >= 4 is 11.8 Å². The molecule has 0 atom stereocenters. The van der Waals surface area contributed by atoms with Crippen molar-refractivity contribution in [3.63, 3.8) is 0 Å². The molecule has 0 N–H and O–H groups in total. The van der Waals surface area contributed by atoms with Crippen molar-refractivity contribution < 1.29 is 9.90 Å².